The van der Waals surface area contributed by atoms with E-state index >= 15 is 0 Å². The number of nitrogens with zero attached hydrogens (tertiary/aromatic N) is 1. The Balaban J connectivity index is 2.19. The maximum atomic E-state index is 12.4. The molecule has 1 saturated heterocycles. The molecule has 2 N–H and O–H groups in total. The molecule has 94 valence electrons. The molecule has 2 heterocycles. The first-order valence-corrected chi connectivity index (χ1v) is 7.34. The van der Waals surface area contributed by atoms with Crippen LogP contribution in [0.3, 0.4) is 0 Å². The highest BCUT2D eigenvalue weighted by atomic mass is 79.9. The van der Waals surface area contributed by atoms with Gasteiger partial charge in [0.1, 0.15) is 0 Å². The Kier molecular flexibility index (Phi) is 3.61. The number of rotatable bonds is 1. The normalized spacial score (nSPS) is 23.8. The summed E-state index contributed by atoms with van der Waals surface area (Å²) in [5.41, 5.74) is 5.83. The van der Waals surface area contributed by atoms with Crippen LogP contribution in [0.5, 0.6) is 0 Å². The van der Waals surface area contributed by atoms with Gasteiger partial charge >= 0.3 is 0 Å². The van der Waals surface area contributed by atoms with Crippen molar-refractivity contribution in [3.05, 3.63) is 20.8 Å². The standard InChI is InChI=1S/C12H17BrN2OS/c1-12(2)7-8(14)5-6-15(12)11(16)9-3-4-10(13)17-9/h3-4,8H,5-7,14H2,1-2H3. The molecule has 0 saturated carbocycles. The summed E-state index contributed by atoms with van der Waals surface area (Å²) >= 11 is 4.88. The molecule has 0 aromatic carbocycles. The molecule has 1 aliphatic rings. The van der Waals surface area contributed by atoms with E-state index in [0.717, 1.165) is 28.0 Å². The van der Waals surface area contributed by atoms with Crippen molar-refractivity contribution in [2.45, 2.75) is 38.3 Å². The van der Waals surface area contributed by atoms with E-state index in [1.807, 2.05) is 17.0 Å². The molecule has 17 heavy (non-hydrogen) atoms. The highest BCUT2D eigenvalue weighted by Gasteiger charge is 2.37. The number of carbonyl (C=O) groups is 1. The van der Waals surface area contributed by atoms with Crippen molar-refractivity contribution in [1.82, 2.24) is 4.90 Å². The van der Waals surface area contributed by atoms with E-state index in [0.29, 0.717) is 0 Å². The number of thiophene rings is 1. The third-order valence-electron chi connectivity index (χ3n) is 3.25. The molecule has 1 aromatic heterocycles. The van der Waals surface area contributed by atoms with E-state index in [1.165, 1.54) is 11.3 Å². The summed E-state index contributed by atoms with van der Waals surface area (Å²) in [6, 6.07) is 4.01. The fourth-order valence-corrected chi connectivity index (χ4v) is 3.73. The molecule has 2 rings (SSSR count). The lowest BCUT2D eigenvalue weighted by Crippen LogP contribution is -2.55. The largest absolute Gasteiger partial charge is 0.333 e. The quantitative estimate of drug-likeness (QED) is 0.866. The Morgan fingerprint density at radius 1 is 1.59 bits per heavy atom. The van der Waals surface area contributed by atoms with Gasteiger partial charge in [-0.2, -0.15) is 0 Å². The van der Waals surface area contributed by atoms with Crippen LogP contribution in [0, 0.1) is 0 Å². The van der Waals surface area contributed by atoms with Gasteiger partial charge in [-0.25, -0.2) is 0 Å². The fraction of sp³-hybridized carbons (Fsp3) is 0.583. The van der Waals surface area contributed by atoms with Crippen molar-refractivity contribution in [2.24, 2.45) is 5.73 Å². The maximum absolute atomic E-state index is 12.4. The Morgan fingerprint density at radius 2 is 2.29 bits per heavy atom. The maximum Gasteiger partial charge on any atom is 0.264 e. The van der Waals surface area contributed by atoms with Crippen molar-refractivity contribution in [3.63, 3.8) is 0 Å². The predicted octanol–water partition coefficient (Wildman–Crippen LogP) is 2.85. The molecular formula is C12H17BrN2OS. The Morgan fingerprint density at radius 3 is 2.82 bits per heavy atom. The third-order valence-corrected chi connectivity index (χ3v) is 4.86. The molecule has 0 radical (unpaired) electrons. The minimum atomic E-state index is -0.148. The second-order valence-corrected chi connectivity index (χ2v) is 7.59. The number of hydrogen-bond donors (Lipinski definition) is 1. The van der Waals surface area contributed by atoms with E-state index in [2.05, 4.69) is 29.8 Å². The van der Waals surface area contributed by atoms with Gasteiger partial charge in [0, 0.05) is 18.1 Å². The summed E-state index contributed by atoms with van der Waals surface area (Å²) in [6.45, 7) is 4.93. The SMILES string of the molecule is CC1(C)CC(N)CCN1C(=O)c1ccc(Br)s1. The van der Waals surface area contributed by atoms with Crippen LogP contribution in [-0.4, -0.2) is 28.9 Å². The van der Waals surface area contributed by atoms with Gasteiger partial charge < -0.3 is 10.6 Å². The van der Waals surface area contributed by atoms with Crippen LogP contribution < -0.4 is 5.73 Å². The summed E-state index contributed by atoms with van der Waals surface area (Å²) in [5, 5.41) is 0. The molecule has 1 atom stereocenters. The molecule has 1 fully saturated rings. The summed E-state index contributed by atoms with van der Waals surface area (Å²) < 4.78 is 0.993. The van der Waals surface area contributed by atoms with Crippen LogP contribution in [0.1, 0.15) is 36.4 Å². The number of hydrogen-bond acceptors (Lipinski definition) is 3. The summed E-state index contributed by atoms with van der Waals surface area (Å²) in [7, 11) is 0. The van der Waals surface area contributed by atoms with Crippen molar-refractivity contribution < 1.29 is 4.79 Å². The lowest BCUT2D eigenvalue weighted by Gasteiger charge is -2.44. The number of likely N-dealkylation sites (tertiary alicyclic amines) is 1. The lowest BCUT2D eigenvalue weighted by molar-refractivity contribution is 0.0405. The minimum Gasteiger partial charge on any atom is -0.333 e. The van der Waals surface area contributed by atoms with Crippen molar-refractivity contribution in [3.8, 4) is 0 Å². The average Bonchev–Trinajstić information content (AvgIpc) is 2.62. The number of piperidine rings is 1. The highest BCUT2D eigenvalue weighted by Crippen LogP contribution is 2.31. The van der Waals surface area contributed by atoms with Gasteiger partial charge in [-0.05, 0) is 54.8 Å². The number of halogens is 1. The molecule has 1 amide bonds. The van der Waals surface area contributed by atoms with E-state index in [1.54, 1.807) is 0 Å². The first-order valence-electron chi connectivity index (χ1n) is 5.73. The van der Waals surface area contributed by atoms with Gasteiger partial charge in [0.2, 0.25) is 0 Å². The van der Waals surface area contributed by atoms with Crippen LogP contribution >= 0.6 is 27.3 Å². The van der Waals surface area contributed by atoms with E-state index in [-0.39, 0.29) is 17.5 Å². The predicted molar refractivity (Wildman–Crippen MR) is 74.3 cm³/mol. The first kappa shape index (κ1) is 13.1. The van der Waals surface area contributed by atoms with Gasteiger partial charge in [-0.15, -0.1) is 11.3 Å². The third kappa shape index (κ3) is 2.72. The smallest absolute Gasteiger partial charge is 0.264 e. The molecule has 5 heteroatoms. The van der Waals surface area contributed by atoms with Crippen LogP contribution in [0.15, 0.2) is 15.9 Å². The van der Waals surface area contributed by atoms with Gasteiger partial charge in [0.05, 0.1) is 8.66 Å². The van der Waals surface area contributed by atoms with Crippen molar-refractivity contribution >= 4 is 33.2 Å². The zero-order chi connectivity index (χ0) is 12.6. The zero-order valence-electron chi connectivity index (χ0n) is 10.1. The van der Waals surface area contributed by atoms with E-state index in [9.17, 15) is 4.79 Å². The lowest BCUT2D eigenvalue weighted by atomic mass is 9.87. The molecule has 0 aliphatic carbocycles. The van der Waals surface area contributed by atoms with Crippen molar-refractivity contribution in [2.75, 3.05) is 6.54 Å². The first-order chi connectivity index (χ1) is 7.90. The number of amides is 1. The average molecular weight is 317 g/mol. The monoisotopic (exact) mass is 316 g/mol. The van der Waals surface area contributed by atoms with Crippen LogP contribution in [0.25, 0.3) is 0 Å². The number of nitrogens with two attached hydrogens (primary N) is 1. The topological polar surface area (TPSA) is 46.3 Å². The van der Waals surface area contributed by atoms with Gasteiger partial charge in [-0.1, -0.05) is 0 Å². The summed E-state index contributed by atoms with van der Waals surface area (Å²) in [4.78, 5) is 15.2. The van der Waals surface area contributed by atoms with Crippen LogP contribution in [0.2, 0.25) is 0 Å². The van der Waals surface area contributed by atoms with Crippen molar-refractivity contribution in [1.29, 1.82) is 0 Å². The molecule has 1 unspecified atom stereocenters. The minimum absolute atomic E-state index is 0.123. The Labute approximate surface area is 114 Å². The zero-order valence-corrected chi connectivity index (χ0v) is 12.5. The van der Waals surface area contributed by atoms with Gasteiger partial charge in [-0.3, -0.25) is 4.79 Å². The van der Waals surface area contributed by atoms with Crippen LogP contribution in [0.4, 0.5) is 0 Å². The molecular weight excluding hydrogens is 300 g/mol. The van der Waals surface area contributed by atoms with E-state index < -0.39 is 0 Å². The fourth-order valence-electron chi connectivity index (χ4n) is 2.39. The molecule has 1 aliphatic heterocycles. The molecule has 0 bridgehead atoms. The second kappa shape index (κ2) is 4.71. The van der Waals surface area contributed by atoms with Crippen LogP contribution in [-0.2, 0) is 0 Å². The Bertz CT molecular complexity index is 430. The molecule has 1 aromatic rings. The second-order valence-electron chi connectivity index (χ2n) is 5.13. The van der Waals surface area contributed by atoms with Gasteiger partial charge in [0.15, 0.2) is 0 Å². The Hall–Kier alpha value is -0.390. The summed E-state index contributed by atoms with van der Waals surface area (Å²) in [6.07, 6.45) is 1.76. The molecule has 3 nitrogen and oxygen atoms in total. The van der Waals surface area contributed by atoms with E-state index in [4.69, 9.17) is 5.73 Å². The highest BCUT2D eigenvalue weighted by molar-refractivity contribution is 9.11. The number of carbonyl (C=O) groups excluding carboxylic acids is 1. The van der Waals surface area contributed by atoms with Gasteiger partial charge in [0.25, 0.3) is 5.91 Å². The summed E-state index contributed by atoms with van der Waals surface area (Å²) in [5.74, 6) is 0.123. The molecule has 0 spiro atoms.